The Morgan fingerprint density at radius 1 is 1.29 bits per heavy atom. The van der Waals surface area contributed by atoms with Gasteiger partial charge in [-0.3, -0.25) is 0 Å². The summed E-state index contributed by atoms with van der Waals surface area (Å²) in [5, 5.41) is 0. The van der Waals surface area contributed by atoms with E-state index in [-0.39, 0.29) is 12.5 Å². The van der Waals surface area contributed by atoms with Gasteiger partial charge in [-0.05, 0) is 26.2 Å². The van der Waals surface area contributed by atoms with Crippen molar-refractivity contribution in [2.45, 2.75) is 51.2 Å². The van der Waals surface area contributed by atoms with Crippen LogP contribution in [0.4, 0.5) is 12.3 Å². The summed E-state index contributed by atoms with van der Waals surface area (Å²) in [4.78, 5) is 10.8. The van der Waals surface area contributed by atoms with Gasteiger partial charge in [-0.2, -0.15) is 0 Å². The van der Waals surface area contributed by atoms with Crippen LogP contribution in [0.25, 0.3) is 0 Å². The van der Waals surface area contributed by atoms with E-state index in [1.54, 1.807) is 6.92 Å². The third kappa shape index (κ3) is 11.5. The van der Waals surface area contributed by atoms with Gasteiger partial charge in [-0.1, -0.05) is 19.4 Å². The van der Waals surface area contributed by atoms with Crippen LogP contribution >= 0.6 is 0 Å². The Labute approximate surface area is 101 Å². The third-order valence-corrected chi connectivity index (χ3v) is 3.23. The number of carbonyl (C=O) groups is 1. The van der Waals surface area contributed by atoms with Crippen molar-refractivity contribution < 1.29 is 21.9 Å². The highest BCUT2D eigenvalue weighted by Crippen LogP contribution is 2.19. The third-order valence-electron chi connectivity index (χ3n) is 2.30. The molecule has 0 bridgehead atoms. The molecule has 0 aromatic heterocycles. The van der Waals surface area contributed by atoms with Crippen LogP contribution in [0.5, 0.6) is 0 Å². The van der Waals surface area contributed by atoms with E-state index in [9.17, 15) is 17.1 Å². The van der Waals surface area contributed by atoms with Gasteiger partial charge in [0.1, 0.15) is 0 Å². The summed E-state index contributed by atoms with van der Waals surface area (Å²) in [7, 11) is -5.35. The second kappa shape index (κ2) is 8.33. The first kappa shape index (κ1) is 16.2. The highest BCUT2D eigenvalue weighted by molar-refractivity contribution is 6.58. The maximum absolute atomic E-state index is 11.9. The standard InChI is InChI=1S/C11H19F3O2Si/c1-3-11(15)16-10(2)8-6-4-5-7-9-17(12,13)14/h3,10H,1,4-9H2,2H3. The Balaban J connectivity index is 3.39. The second-order valence-corrected chi connectivity index (χ2v) is 5.75. The quantitative estimate of drug-likeness (QED) is 0.208. The molecule has 1 unspecified atom stereocenters. The smallest absolute Gasteiger partial charge is 0.460 e. The van der Waals surface area contributed by atoms with E-state index in [0.717, 1.165) is 18.9 Å². The van der Waals surface area contributed by atoms with Crippen LogP contribution in [0.15, 0.2) is 12.7 Å². The SMILES string of the molecule is C=CC(=O)OC(C)CCCCCC[Si](F)(F)F. The molecule has 0 aliphatic heterocycles. The lowest BCUT2D eigenvalue weighted by Crippen LogP contribution is -2.14. The molecule has 0 saturated heterocycles. The van der Waals surface area contributed by atoms with Crippen LogP contribution in [0, 0.1) is 0 Å². The van der Waals surface area contributed by atoms with E-state index in [0.29, 0.717) is 12.8 Å². The topological polar surface area (TPSA) is 26.3 Å². The molecule has 2 nitrogen and oxygen atoms in total. The number of hydrogen-bond donors (Lipinski definition) is 0. The average Bonchev–Trinajstić information content (AvgIpc) is 2.21. The minimum atomic E-state index is -5.35. The second-order valence-electron chi connectivity index (χ2n) is 4.02. The first-order valence-corrected chi connectivity index (χ1v) is 7.59. The van der Waals surface area contributed by atoms with E-state index in [1.807, 2.05) is 0 Å². The van der Waals surface area contributed by atoms with Gasteiger partial charge in [0.15, 0.2) is 0 Å². The summed E-state index contributed by atoms with van der Waals surface area (Å²) >= 11 is 0. The highest BCUT2D eigenvalue weighted by atomic mass is 28.5. The van der Waals surface area contributed by atoms with Gasteiger partial charge < -0.3 is 4.74 Å². The lowest BCUT2D eigenvalue weighted by molar-refractivity contribution is -0.142. The maximum Gasteiger partial charge on any atom is 0.616 e. The fourth-order valence-corrected chi connectivity index (χ4v) is 2.07. The number of ether oxygens (including phenoxy) is 1. The Kier molecular flexibility index (Phi) is 7.94. The van der Waals surface area contributed by atoms with Crippen LogP contribution < -0.4 is 0 Å². The van der Waals surface area contributed by atoms with Gasteiger partial charge in [-0.25, -0.2) is 17.1 Å². The van der Waals surface area contributed by atoms with E-state index < -0.39 is 21.1 Å². The van der Waals surface area contributed by atoms with Crippen molar-refractivity contribution in [3.05, 3.63) is 12.7 Å². The largest absolute Gasteiger partial charge is 0.616 e. The molecule has 0 radical (unpaired) electrons. The lowest BCUT2D eigenvalue weighted by atomic mass is 10.1. The minimum Gasteiger partial charge on any atom is -0.460 e. The van der Waals surface area contributed by atoms with Gasteiger partial charge in [0, 0.05) is 12.1 Å². The molecule has 0 aliphatic rings. The minimum absolute atomic E-state index is 0.197. The molecule has 0 fully saturated rings. The van der Waals surface area contributed by atoms with Gasteiger partial charge in [0.05, 0.1) is 6.10 Å². The molecule has 0 rings (SSSR count). The molecule has 0 aliphatic carbocycles. The Bertz CT molecular complexity index is 241. The normalized spacial score (nSPS) is 13.2. The van der Waals surface area contributed by atoms with Crippen molar-refractivity contribution >= 4 is 15.0 Å². The predicted octanol–water partition coefficient (Wildman–Crippen LogP) is 3.90. The van der Waals surface area contributed by atoms with E-state index in [2.05, 4.69) is 6.58 Å². The Hall–Kier alpha value is -0.783. The molecule has 0 heterocycles. The van der Waals surface area contributed by atoms with Crippen LogP contribution in [-0.2, 0) is 9.53 Å². The molecule has 6 heteroatoms. The molecule has 0 saturated carbocycles. The summed E-state index contributed by atoms with van der Waals surface area (Å²) in [6.07, 6.45) is 3.95. The fraction of sp³-hybridized carbons (Fsp3) is 0.727. The number of halogens is 3. The molecular weight excluding hydrogens is 249 g/mol. The molecule has 0 N–H and O–H groups in total. The molecule has 0 amide bonds. The highest BCUT2D eigenvalue weighted by Gasteiger charge is 2.35. The maximum atomic E-state index is 11.9. The Morgan fingerprint density at radius 3 is 2.41 bits per heavy atom. The molecule has 17 heavy (non-hydrogen) atoms. The van der Waals surface area contributed by atoms with Crippen molar-refractivity contribution in [3.63, 3.8) is 0 Å². The number of unbranched alkanes of at least 4 members (excludes halogenated alkanes) is 3. The first-order valence-electron chi connectivity index (χ1n) is 5.75. The molecule has 0 aromatic carbocycles. The summed E-state index contributed by atoms with van der Waals surface area (Å²) < 4.78 is 40.8. The summed E-state index contributed by atoms with van der Waals surface area (Å²) in [6, 6.07) is -0.575. The number of carbonyl (C=O) groups excluding carboxylic acids is 1. The zero-order valence-corrected chi connectivity index (χ0v) is 11.1. The monoisotopic (exact) mass is 268 g/mol. The molecule has 1 atom stereocenters. The van der Waals surface area contributed by atoms with Crippen LogP contribution in [-0.4, -0.2) is 21.1 Å². The van der Waals surface area contributed by atoms with Crippen molar-refractivity contribution in [2.24, 2.45) is 0 Å². The van der Waals surface area contributed by atoms with Crippen molar-refractivity contribution in [1.29, 1.82) is 0 Å². The molecule has 0 spiro atoms. The van der Waals surface area contributed by atoms with Crippen LogP contribution in [0.2, 0.25) is 6.04 Å². The molecule has 0 aromatic rings. The Morgan fingerprint density at radius 2 is 1.88 bits per heavy atom. The van der Waals surface area contributed by atoms with Crippen molar-refractivity contribution in [2.75, 3.05) is 0 Å². The van der Waals surface area contributed by atoms with E-state index in [1.165, 1.54) is 0 Å². The fourth-order valence-electron chi connectivity index (χ4n) is 1.42. The van der Waals surface area contributed by atoms with Crippen molar-refractivity contribution in [3.8, 4) is 0 Å². The number of esters is 1. The summed E-state index contributed by atoms with van der Waals surface area (Å²) in [6.45, 7) is 5.05. The van der Waals surface area contributed by atoms with Crippen molar-refractivity contribution in [1.82, 2.24) is 0 Å². The van der Waals surface area contributed by atoms with Gasteiger partial charge in [0.25, 0.3) is 0 Å². The summed E-state index contributed by atoms with van der Waals surface area (Å²) in [5.74, 6) is -0.458. The molecule has 100 valence electrons. The average molecular weight is 268 g/mol. The van der Waals surface area contributed by atoms with Gasteiger partial charge in [0.2, 0.25) is 0 Å². The van der Waals surface area contributed by atoms with Gasteiger partial charge >= 0.3 is 15.0 Å². The van der Waals surface area contributed by atoms with Gasteiger partial charge in [-0.15, -0.1) is 0 Å². The predicted molar refractivity (Wildman–Crippen MR) is 62.7 cm³/mol. The number of rotatable bonds is 9. The zero-order chi connectivity index (χ0) is 13.3. The van der Waals surface area contributed by atoms with Crippen LogP contribution in [0.1, 0.15) is 39.0 Å². The zero-order valence-electron chi connectivity index (χ0n) is 10.1. The number of hydrogen-bond acceptors (Lipinski definition) is 2. The van der Waals surface area contributed by atoms with Crippen LogP contribution in [0.3, 0.4) is 0 Å². The lowest BCUT2D eigenvalue weighted by Gasteiger charge is -2.11. The first-order chi connectivity index (χ1) is 7.85. The summed E-state index contributed by atoms with van der Waals surface area (Å²) in [5.41, 5.74) is 0. The molecular formula is C11H19F3O2Si. The van der Waals surface area contributed by atoms with E-state index in [4.69, 9.17) is 4.74 Å². The van der Waals surface area contributed by atoms with E-state index >= 15 is 0 Å².